The molecule has 0 atom stereocenters. The van der Waals surface area contributed by atoms with Gasteiger partial charge in [0.15, 0.2) is 0 Å². The van der Waals surface area contributed by atoms with Gasteiger partial charge in [0, 0.05) is 5.56 Å². The molecule has 28 heavy (non-hydrogen) atoms. The fraction of sp³-hybridized carbons (Fsp3) is 0.150. The molecule has 0 saturated carbocycles. The Morgan fingerprint density at radius 2 is 1.75 bits per heavy atom. The lowest BCUT2D eigenvalue weighted by Crippen LogP contribution is -2.08. The lowest BCUT2D eigenvalue weighted by atomic mass is 10.1. The molecule has 0 saturated heterocycles. The van der Waals surface area contributed by atoms with Crippen molar-refractivity contribution in [2.24, 2.45) is 10.2 Å². The molecule has 2 heterocycles. The van der Waals surface area contributed by atoms with Crippen LogP contribution in [0.3, 0.4) is 0 Å². The maximum atomic E-state index is 11.8. The van der Waals surface area contributed by atoms with E-state index < -0.39 is 11.4 Å². The third-order valence-electron chi connectivity index (χ3n) is 4.45. The molecular formula is C20H17N5O2S. The summed E-state index contributed by atoms with van der Waals surface area (Å²) in [7, 11) is 0. The maximum absolute atomic E-state index is 11.8. The molecule has 0 radical (unpaired) electrons. The zero-order chi connectivity index (χ0) is 19.8. The van der Waals surface area contributed by atoms with Gasteiger partial charge in [-0.3, -0.25) is 4.79 Å². The molecule has 0 aliphatic heterocycles. The summed E-state index contributed by atoms with van der Waals surface area (Å²) < 4.78 is 1.19. The second-order valence-electron chi connectivity index (χ2n) is 6.45. The number of nitrogens with zero attached hydrogens (tertiary/aromatic N) is 4. The standard InChI is InChI=1S/C20H17N5O2S/c1-10-4-9-15-17(11(10)2)28-20(23-15)13-5-7-14(8-6-13)24-25-16-18(26)21-12(3)22-19(16)27/h4-9H,1-3H3,(H2,21,22,26,27). The molecule has 7 nitrogen and oxygen atoms in total. The summed E-state index contributed by atoms with van der Waals surface area (Å²) in [5, 5.41) is 18.5. The number of aromatic hydroxyl groups is 1. The van der Waals surface area contributed by atoms with Gasteiger partial charge in [-0.25, -0.2) is 4.98 Å². The van der Waals surface area contributed by atoms with Crippen LogP contribution in [0.2, 0.25) is 0 Å². The number of nitrogens with one attached hydrogen (secondary N) is 1. The molecule has 0 fully saturated rings. The van der Waals surface area contributed by atoms with Gasteiger partial charge < -0.3 is 10.1 Å². The van der Waals surface area contributed by atoms with Crippen molar-refractivity contribution in [2.75, 3.05) is 0 Å². The number of fused-ring (bicyclic) bond motifs is 1. The van der Waals surface area contributed by atoms with E-state index in [-0.39, 0.29) is 5.69 Å². The highest BCUT2D eigenvalue weighted by atomic mass is 32.1. The molecule has 0 bridgehead atoms. The molecule has 0 amide bonds. The monoisotopic (exact) mass is 391 g/mol. The Labute approximate surface area is 164 Å². The summed E-state index contributed by atoms with van der Waals surface area (Å²) in [6.45, 7) is 5.78. The van der Waals surface area contributed by atoms with Crippen molar-refractivity contribution in [3.05, 3.63) is 63.7 Å². The van der Waals surface area contributed by atoms with E-state index in [0.29, 0.717) is 11.5 Å². The number of aryl methyl sites for hydroxylation is 3. The number of aromatic amines is 1. The van der Waals surface area contributed by atoms with E-state index in [9.17, 15) is 9.90 Å². The summed E-state index contributed by atoms with van der Waals surface area (Å²) >= 11 is 1.66. The first-order valence-corrected chi connectivity index (χ1v) is 9.43. The lowest BCUT2D eigenvalue weighted by molar-refractivity contribution is 0.450. The highest BCUT2D eigenvalue weighted by Gasteiger charge is 2.10. The summed E-state index contributed by atoms with van der Waals surface area (Å²) in [5.41, 5.74) is 4.28. The number of benzene rings is 2. The van der Waals surface area contributed by atoms with E-state index in [1.807, 2.05) is 18.2 Å². The minimum Gasteiger partial charge on any atom is -0.492 e. The molecule has 0 unspecified atom stereocenters. The Hall–Kier alpha value is -3.39. The van der Waals surface area contributed by atoms with Crippen molar-refractivity contribution in [2.45, 2.75) is 20.8 Å². The van der Waals surface area contributed by atoms with Crippen LogP contribution in [-0.2, 0) is 0 Å². The van der Waals surface area contributed by atoms with Crippen LogP contribution in [0.5, 0.6) is 5.88 Å². The van der Waals surface area contributed by atoms with Gasteiger partial charge in [0.2, 0.25) is 11.6 Å². The average molecular weight is 391 g/mol. The van der Waals surface area contributed by atoms with Gasteiger partial charge in [-0.15, -0.1) is 16.5 Å². The highest BCUT2D eigenvalue weighted by Crippen LogP contribution is 2.34. The number of rotatable bonds is 3. The maximum Gasteiger partial charge on any atom is 0.282 e. The van der Waals surface area contributed by atoms with Crippen molar-refractivity contribution in [1.82, 2.24) is 15.0 Å². The van der Waals surface area contributed by atoms with Crippen LogP contribution in [0.1, 0.15) is 17.0 Å². The van der Waals surface area contributed by atoms with Crippen LogP contribution in [-0.4, -0.2) is 20.1 Å². The molecule has 4 aromatic rings. The summed E-state index contributed by atoms with van der Waals surface area (Å²) in [4.78, 5) is 22.8. The molecule has 2 N–H and O–H groups in total. The minimum atomic E-state index is -0.537. The van der Waals surface area contributed by atoms with Crippen molar-refractivity contribution in [3.8, 4) is 16.5 Å². The Morgan fingerprint density at radius 3 is 2.46 bits per heavy atom. The predicted octanol–water partition coefficient (Wildman–Crippen LogP) is 5.09. The van der Waals surface area contributed by atoms with Gasteiger partial charge in [-0.2, -0.15) is 10.1 Å². The third-order valence-corrected chi connectivity index (χ3v) is 5.69. The van der Waals surface area contributed by atoms with Gasteiger partial charge in [-0.05, 0) is 62.2 Å². The minimum absolute atomic E-state index is 0.216. The molecule has 8 heteroatoms. The summed E-state index contributed by atoms with van der Waals surface area (Å²) in [6.07, 6.45) is 0. The zero-order valence-corrected chi connectivity index (χ0v) is 16.3. The first kappa shape index (κ1) is 18.0. The number of azo groups is 1. The number of aromatic nitrogens is 3. The van der Waals surface area contributed by atoms with Gasteiger partial charge in [-0.1, -0.05) is 6.07 Å². The number of hydrogen-bond donors (Lipinski definition) is 2. The van der Waals surface area contributed by atoms with E-state index in [1.165, 1.54) is 15.8 Å². The van der Waals surface area contributed by atoms with Crippen molar-refractivity contribution in [3.63, 3.8) is 0 Å². The van der Waals surface area contributed by atoms with Crippen molar-refractivity contribution in [1.29, 1.82) is 0 Å². The molecule has 140 valence electrons. The number of thiazole rings is 1. The molecule has 4 rings (SSSR count). The first-order chi connectivity index (χ1) is 13.4. The molecular weight excluding hydrogens is 374 g/mol. The quantitative estimate of drug-likeness (QED) is 0.475. The zero-order valence-electron chi connectivity index (χ0n) is 15.5. The van der Waals surface area contributed by atoms with Crippen LogP contribution in [0.25, 0.3) is 20.8 Å². The Bertz CT molecular complexity index is 1270. The second kappa shape index (κ2) is 6.97. The van der Waals surface area contributed by atoms with Crippen LogP contribution >= 0.6 is 11.3 Å². The number of hydrogen-bond acceptors (Lipinski definition) is 7. The topological polar surface area (TPSA) is 104 Å². The van der Waals surface area contributed by atoms with Gasteiger partial charge >= 0.3 is 0 Å². The van der Waals surface area contributed by atoms with E-state index in [1.54, 1.807) is 30.4 Å². The fourth-order valence-electron chi connectivity index (χ4n) is 2.78. The largest absolute Gasteiger partial charge is 0.492 e. The van der Waals surface area contributed by atoms with Crippen molar-refractivity contribution >= 4 is 32.9 Å². The van der Waals surface area contributed by atoms with E-state index in [2.05, 4.69) is 40.1 Å². The average Bonchev–Trinajstić information content (AvgIpc) is 3.09. The summed E-state index contributed by atoms with van der Waals surface area (Å²) in [6, 6.07) is 11.5. The Kier molecular flexibility index (Phi) is 4.48. The smallest absolute Gasteiger partial charge is 0.282 e. The first-order valence-electron chi connectivity index (χ1n) is 8.61. The fourth-order valence-corrected chi connectivity index (χ4v) is 3.90. The summed E-state index contributed by atoms with van der Waals surface area (Å²) in [5.74, 6) is -0.131. The van der Waals surface area contributed by atoms with E-state index in [0.717, 1.165) is 16.1 Å². The van der Waals surface area contributed by atoms with Gasteiger partial charge in [0.25, 0.3) is 5.56 Å². The molecule has 2 aromatic heterocycles. The third kappa shape index (κ3) is 3.29. The predicted molar refractivity (Wildman–Crippen MR) is 110 cm³/mol. The van der Waals surface area contributed by atoms with Crippen LogP contribution in [0.15, 0.2) is 51.4 Å². The van der Waals surface area contributed by atoms with E-state index >= 15 is 0 Å². The molecule has 0 aliphatic carbocycles. The van der Waals surface area contributed by atoms with Crippen molar-refractivity contribution < 1.29 is 5.11 Å². The normalized spacial score (nSPS) is 11.5. The molecule has 2 aromatic carbocycles. The van der Waals surface area contributed by atoms with Crippen LogP contribution in [0.4, 0.5) is 11.4 Å². The van der Waals surface area contributed by atoms with Crippen LogP contribution < -0.4 is 5.56 Å². The highest BCUT2D eigenvalue weighted by molar-refractivity contribution is 7.21. The Balaban J connectivity index is 1.63. The lowest BCUT2D eigenvalue weighted by Gasteiger charge is -1.99. The second-order valence-corrected chi connectivity index (χ2v) is 7.44. The van der Waals surface area contributed by atoms with Gasteiger partial charge in [0.1, 0.15) is 10.8 Å². The molecule has 0 spiro atoms. The van der Waals surface area contributed by atoms with Crippen LogP contribution in [0, 0.1) is 20.8 Å². The van der Waals surface area contributed by atoms with E-state index in [4.69, 9.17) is 4.98 Å². The SMILES string of the molecule is Cc1nc(O)c(N=Nc2ccc(-c3nc4ccc(C)c(C)c4s3)cc2)c(=O)[nH]1. The van der Waals surface area contributed by atoms with Gasteiger partial charge in [0.05, 0.1) is 15.9 Å². The molecule has 0 aliphatic rings. The number of H-pyrrole nitrogens is 1. The Morgan fingerprint density at radius 1 is 1.00 bits per heavy atom.